The Balaban J connectivity index is 1.07. The Morgan fingerprint density at radius 1 is 0.491 bits per heavy atom. The molecule has 0 aliphatic heterocycles. The molecule has 0 fully saturated rings. The van der Waals surface area contributed by atoms with Gasteiger partial charge in [-0.05, 0) is 65.4 Å². The van der Waals surface area contributed by atoms with E-state index in [1.165, 1.54) is 16.3 Å². The zero-order valence-corrected chi connectivity index (χ0v) is 31.1. The van der Waals surface area contributed by atoms with Gasteiger partial charge >= 0.3 is 0 Å². The molecule has 0 amide bonds. The number of rotatable bonds is 7. The molecule has 2 aromatic heterocycles. The largest absolute Gasteiger partial charge is 0.455 e. The third kappa shape index (κ3) is 6.31. The predicted molar refractivity (Wildman–Crippen MR) is 238 cm³/mol. The Bertz CT molecular complexity index is 3170. The molecule has 0 spiro atoms. The number of benzene rings is 8. The van der Waals surface area contributed by atoms with Crippen LogP contribution < -0.4 is 0 Å². The Labute approximate surface area is 330 Å². The second-order valence-electron chi connectivity index (χ2n) is 14.1. The van der Waals surface area contributed by atoms with Crippen molar-refractivity contribution >= 4 is 62.1 Å². The molecule has 0 saturated carbocycles. The second kappa shape index (κ2) is 14.5. The first-order valence-corrected chi connectivity index (χ1v) is 19.1. The van der Waals surface area contributed by atoms with E-state index in [-0.39, 0.29) is 0 Å². The van der Waals surface area contributed by atoms with Gasteiger partial charge in [0.25, 0.3) is 0 Å². The van der Waals surface area contributed by atoms with Crippen LogP contribution in [0.15, 0.2) is 214 Å². The fourth-order valence-electron chi connectivity index (χ4n) is 7.89. The summed E-state index contributed by atoms with van der Waals surface area (Å²) in [6.45, 7) is 4.44. The minimum atomic E-state index is 0.463. The highest BCUT2D eigenvalue weighted by molar-refractivity contribution is 6.14. The molecule has 0 bridgehead atoms. The van der Waals surface area contributed by atoms with E-state index in [0.717, 1.165) is 72.0 Å². The minimum Gasteiger partial charge on any atom is -0.455 e. The molecule has 0 aliphatic rings. The van der Waals surface area contributed by atoms with Gasteiger partial charge in [-0.3, -0.25) is 4.99 Å². The first kappa shape index (κ1) is 33.9. The highest BCUT2D eigenvalue weighted by Gasteiger charge is 2.17. The molecule has 2 heterocycles. The molecule has 5 nitrogen and oxygen atoms in total. The lowest BCUT2D eigenvalue weighted by Gasteiger charge is -2.11. The van der Waals surface area contributed by atoms with E-state index in [9.17, 15) is 0 Å². The molecule has 270 valence electrons. The average molecular weight is 733 g/mol. The Morgan fingerprint density at radius 2 is 1.18 bits per heavy atom. The summed E-state index contributed by atoms with van der Waals surface area (Å²) in [7, 11) is 0. The third-order valence-corrected chi connectivity index (χ3v) is 10.6. The maximum atomic E-state index is 6.46. The van der Waals surface area contributed by atoms with Gasteiger partial charge in [0.1, 0.15) is 11.2 Å². The van der Waals surface area contributed by atoms with Gasteiger partial charge in [0.2, 0.25) is 0 Å². The van der Waals surface area contributed by atoms with Crippen LogP contribution >= 0.6 is 0 Å². The van der Waals surface area contributed by atoms with Gasteiger partial charge in [-0.2, -0.15) is 0 Å². The molecule has 0 atom stereocenters. The van der Waals surface area contributed by atoms with E-state index in [1.807, 2.05) is 54.6 Å². The number of furan rings is 1. The molecule has 0 saturated heterocycles. The molecule has 57 heavy (non-hydrogen) atoms. The number of amidine groups is 2. The lowest BCUT2D eigenvalue weighted by molar-refractivity contribution is 0.670. The molecule has 0 N–H and O–H groups in total. The Hall–Kier alpha value is -7.63. The van der Waals surface area contributed by atoms with Crippen molar-refractivity contribution in [3.05, 3.63) is 211 Å². The summed E-state index contributed by atoms with van der Waals surface area (Å²) in [5.74, 6) is 1.09. The lowest BCUT2D eigenvalue weighted by atomic mass is 10.0. The summed E-state index contributed by atoms with van der Waals surface area (Å²) in [6.07, 6.45) is 0. The number of aliphatic imine (C=N–C) groups is 3. The zero-order valence-electron chi connectivity index (χ0n) is 31.1. The number of hydrogen-bond acceptors (Lipinski definition) is 2. The van der Waals surface area contributed by atoms with Crippen molar-refractivity contribution < 1.29 is 4.42 Å². The van der Waals surface area contributed by atoms with E-state index in [0.29, 0.717) is 18.2 Å². The standard InChI is InChI=1S/C52H36N4O/c1-53-51(55-52(37-18-6-3-7-19-37)54-34-35-15-12-20-38(31-35)36-16-4-2-5-17-36)40-21-13-22-41(32-40)56-47-27-10-8-23-43(47)44-30-29-39(33-48(44)56)42-25-14-26-46-45-24-9-11-28-49(45)57-50(42)46/h2-33H,1,34H2/b54-52-,55-51-. The first-order chi connectivity index (χ1) is 28.2. The number of nitrogens with zero attached hydrogens (tertiary/aromatic N) is 4. The predicted octanol–water partition coefficient (Wildman–Crippen LogP) is 13.1. The Morgan fingerprint density at radius 3 is 2.04 bits per heavy atom. The van der Waals surface area contributed by atoms with Crippen molar-refractivity contribution in [3.63, 3.8) is 0 Å². The smallest absolute Gasteiger partial charge is 0.161 e. The molecule has 10 rings (SSSR count). The summed E-state index contributed by atoms with van der Waals surface area (Å²) in [5, 5.41) is 4.57. The SMILES string of the molecule is C=N/C(=N\C(=N/Cc1cccc(-c2ccccc2)c1)c1ccccc1)c1cccc(-n2c3ccccc3c3ccc(-c4cccc5c4oc4ccccc45)cc32)c1. The highest BCUT2D eigenvalue weighted by Crippen LogP contribution is 2.39. The quantitative estimate of drug-likeness (QED) is 0.119. The van der Waals surface area contributed by atoms with E-state index < -0.39 is 0 Å². The van der Waals surface area contributed by atoms with Crippen LogP contribution in [0.1, 0.15) is 16.7 Å². The van der Waals surface area contributed by atoms with Crippen LogP contribution in [0.2, 0.25) is 0 Å². The summed E-state index contributed by atoms with van der Waals surface area (Å²) < 4.78 is 8.78. The fraction of sp³-hybridized carbons (Fsp3) is 0.0192. The van der Waals surface area contributed by atoms with Crippen LogP contribution in [0.4, 0.5) is 0 Å². The second-order valence-corrected chi connectivity index (χ2v) is 14.1. The van der Waals surface area contributed by atoms with E-state index in [2.05, 4.69) is 156 Å². The molecular formula is C52H36N4O. The summed E-state index contributed by atoms with van der Waals surface area (Å²) in [5.41, 5.74) is 12.3. The van der Waals surface area contributed by atoms with Crippen LogP contribution in [-0.2, 0) is 6.54 Å². The first-order valence-electron chi connectivity index (χ1n) is 19.1. The minimum absolute atomic E-state index is 0.463. The maximum Gasteiger partial charge on any atom is 0.161 e. The Kier molecular flexibility index (Phi) is 8.65. The molecule has 0 aliphatic carbocycles. The lowest BCUT2D eigenvalue weighted by Crippen LogP contribution is -2.06. The van der Waals surface area contributed by atoms with Crippen molar-refractivity contribution in [1.29, 1.82) is 0 Å². The van der Waals surface area contributed by atoms with Crippen molar-refractivity contribution in [1.82, 2.24) is 4.57 Å². The summed E-state index contributed by atoms with van der Waals surface area (Å²) in [6, 6.07) is 67.2. The van der Waals surface area contributed by atoms with Crippen LogP contribution in [0.25, 0.3) is 71.7 Å². The van der Waals surface area contributed by atoms with Gasteiger partial charge in [-0.1, -0.05) is 158 Å². The molecule has 0 radical (unpaired) electrons. The van der Waals surface area contributed by atoms with Crippen molar-refractivity contribution in [2.75, 3.05) is 0 Å². The summed E-state index contributed by atoms with van der Waals surface area (Å²) >= 11 is 0. The third-order valence-electron chi connectivity index (χ3n) is 10.6. The topological polar surface area (TPSA) is 55.1 Å². The van der Waals surface area contributed by atoms with E-state index >= 15 is 0 Å². The average Bonchev–Trinajstić information content (AvgIpc) is 3.83. The van der Waals surface area contributed by atoms with Crippen LogP contribution in [0, 0.1) is 0 Å². The highest BCUT2D eigenvalue weighted by atomic mass is 16.3. The van der Waals surface area contributed by atoms with E-state index in [1.54, 1.807) is 0 Å². The number of fused-ring (bicyclic) bond motifs is 6. The van der Waals surface area contributed by atoms with Crippen molar-refractivity contribution in [3.8, 4) is 27.9 Å². The van der Waals surface area contributed by atoms with Gasteiger partial charge in [-0.15, -0.1) is 0 Å². The van der Waals surface area contributed by atoms with Gasteiger partial charge in [0.05, 0.1) is 17.6 Å². The maximum absolute atomic E-state index is 6.46. The van der Waals surface area contributed by atoms with Crippen molar-refractivity contribution in [2.24, 2.45) is 15.0 Å². The molecular weight excluding hydrogens is 697 g/mol. The van der Waals surface area contributed by atoms with Gasteiger partial charge < -0.3 is 8.98 Å². The monoisotopic (exact) mass is 732 g/mol. The normalized spacial score (nSPS) is 12.2. The number of para-hydroxylation sites is 3. The van der Waals surface area contributed by atoms with Crippen molar-refractivity contribution in [2.45, 2.75) is 6.54 Å². The van der Waals surface area contributed by atoms with Crippen LogP contribution in [0.5, 0.6) is 0 Å². The fourth-order valence-corrected chi connectivity index (χ4v) is 7.89. The molecule has 10 aromatic rings. The van der Waals surface area contributed by atoms with Gasteiger partial charge in [0.15, 0.2) is 11.7 Å². The molecule has 5 heteroatoms. The number of aromatic nitrogens is 1. The van der Waals surface area contributed by atoms with Gasteiger partial charge in [-0.25, -0.2) is 9.98 Å². The van der Waals surface area contributed by atoms with Gasteiger partial charge in [0, 0.05) is 43.9 Å². The van der Waals surface area contributed by atoms with Crippen LogP contribution in [0.3, 0.4) is 0 Å². The van der Waals surface area contributed by atoms with E-state index in [4.69, 9.17) is 14.4 Å². The van der Waals surface area contributed by atoms with Crippen LogP contribution in [-0.4, -0.2) is 23.0 Å². The number of hydrogen-bond donors (Lipinski definition) is 0. The summed E-state index contributed by atoms with van der Waals surface area (Å²) in [4.78, 5) is 14.6. The molecule has 0 unspecified atom stereocenters. The zero-order chi connectivity index (χ0) is 38.1. The molecule has 8 aromatic carbocycles.